The molecule has 0 amide bonds. The monoisotopic (exact) mass is 374 g/mol. The van der Waals surface area contributed by atoms with Crippen LogP contribution in [0.2, 0.25) is 0 Å². The van der Waals surface area contributed by atoms with E-state index in [1.165, 1.54) is 30.3 Å². The molecule has 0 saturated heterocycles. The van der Waals surface area contributed by atoms with Gasteiger partial charge in [0.15, 0.2) is 0 Å². The zero-order chi connectivity index (χ0) is 19.7. The van der Waals surface area contributed by atoms with E-state index in [9.17, 15) is 14.0 Å². The largest absolute Gasteiger partial charge is 0.423 e. The van der Waals surface area contributed by atoms with Crippen LogP contribution < -0.4 is 10.4 Å². The van der Waals surface area contributed by atoms with Crippen molar-refractivity contribution in [1.82, 2.24) is 0 Å². The molecule has 0 aliphatic carbocycles. The van der Waals surface area contributed by atoms with Crippen molar-refractivity contribution in [2.24, 2.45) is 0 Å². The highest BCUT2D eigenvalue weighted by Gasteiger charge is 2.15. The van der Waals surface area contributed by atoms with Crippen molar-refractivity contribution in [3.05, 3.63) is 100 Å². The van der Waals surface area contributed by atoms with Gasteiger partial charge in [-0.1, -0.05) is 30.3 Å². The first-order valence-electron chi connectivity index (χ1n) is 8.63. The number of benzene rings is 3. The van der Waals surface area contributed by atoms with Gasteiger partial charge in [-0.2, -0.15) is 0 Å². The summed E-state index contributed by atoms with van der Waals surface area (Å²) >= 11 is 0. The SMILES string of the molecule is Cc1c(-c2ccccc2)c(=O)oc2cc(OC(=O)c3ccc(F)cc3)ccc12. The predicted molar refractivity (Wildman–Crippen MR) is 104 cm³/mol. The number of fused-ring (bicyclic) bond motifs is 1. The van der Waals surface area contributed by atoms with Crippen LogP contribution in [0, 0.1) is 12.7 Å². The summed E-state index contributed by atoms with van der Waals surface area (Å²) in [4.78, 5) is 24.7. The Bertz CT molecular complexity index is 1230. The number of ether oxygens (including phenoxy) is 1. The maximum Gasteiger partial charge on any atom is 0.344 e. The van der Waals surface area contributed by atoms with E-state index in [4.69, 9.17) is 9.15 Å². The van der Waals surface area contributed by atoms with Crippen LogP contribution in [0.5, 0.6) is 5.75 Å². The number of hydrogen-bond acceptors (Lipinski definition) is 4. The lowest BCUT2D eigenvalue weighted by molar-refractivity contribution is 0.0735. The number of aryl methyl sites for hydroxylation is 1. The van der Waals surface area contributed by atoms with E-state index in [0.717, 1.165) is 16.5 Å². The molecule has 1 aromatic heterocycles. The average molecular weight is 374 g/mol. The van der Waals surface area contributed by atoms with E-state index in [1.54, 1.807) is 12.1 Å². The van der Waals surface area contributed by atoms with Crippen LogP contribution >= 0.6 is 0 Å². The van der Waals surface area contributed by atoms with Crippen LogP contribution in [0.3, 0.4) is 0 Å². The summed E-state index contributed by atoms with van der Waals surface area (Å²) < 4.78 is 23.8. The summed E-state index contributed by atoms with van der Waals surface area (Å²) in [5, 5.41) is 0.750. The van der Waals surface area contributed by atoms with E-state index in [1.807, 2.05) is 37.3 Å². The van der Waals surface area contributed by atoms with Crippen molar-refractivity contribution < 1.29 is 18.3 Å². The Kier molecular flexibility index (Phi) is 4.49. The molecule has 28 heavy (non-hydrogen) atoms. The molecule has 138 valence electrons. The van der Waals surface area contributed by atoms with Crippen LogP contribution in [0.25, 0.3) is 22.1 Å². The van der Waals surface area contributed by atoms with Crippen LogP contribution in [0.4, 0.5) is 4.39 Å². The second-order valence-electron chi connectivity index (χ2n) is 6.31. The van der Waals surface area contributed by atoms with E-state index in [0.29, 0.717) is 11.1 Å². The summed E-state index contributed by atoms with van der Waals surface area (Å²) in [6, 6.07) is 19.2. The Morgan fingerprint density at radius 2 is 1.68 bits per heavy atom. The summed E-state index contributed by atoms with van der Waals surface area (Å²) in [6.45, 7) is 1.85. The van der Waals surface area contributed by atoms with Crippen molar-refractivity contribution in [3.63, 3.8) is 0 Å². The molecule has 0 radical (unpaired) electrons. The van der Waals surface area contributed by atoms with Crippen molar-refractivity contribution in [2.45, 2.75) is 6.92 Å². The Balaban J connectivity index is 1.71. The Labute approximate surface area is 159 Å². The molecule has 1 heterocycles. The molecule has 0 spiro atoms. The topological polar surface area (TPSA) is 56.5 Å². The van der Waals surface area contributed by atoms with Crippen LogP contribution in [0.15, 0.2) is 82.0 Å². The van der Waals surface area contributed by atoms with Gasteiger partial charge in [-0.15, -0.1) is 0 Å². The van der Waals surface area contributed by atoms with Gasteiger partial charge >= 0.3 is 11.6 Å². The summed E-state index contributed by atoms with van der Waals surface area (Å²) in [5.74, 6) is -0.829. The van der Waals surface area contributed by atoms with Crippen molar-refractivity contribution in [3.8, 4) is 16.9 Å². The molecule has 0 fully saturated rings. The lowest BCUT2D eigenvalue weighted by atomic mass is 10.00. The molecule has 5 heteroatoms. The Hall–Kier alpha value is -3.73. The van der Waals surface area contributed by atoms with Crippen LogP contribution in [-0.2, 0) is 0 Å². The van der Waals surface area contributed by atoms with Crippen molar-refractivity contribution >= 4 is 16.9 Å². The molecule has 0 unspecified atom stereocenters. The first-order valence-corrected chi connectivity index (χ1v) is 8.63. The number of esters is 1. The molecule has 4 aromatic rings. The smallest absolute Gasteiger partial charge is 0.344 e. The van der Waals surface area contributed by atoms with Crippen LogP contribution in [-0.4, -0.2) is 5.97 Å². The zero-order valence-corrected chi connectivity index (χ0v) is 14.9. The van der Waals surface area contributed by atoms with Gasteiger partial charge < -0.3 is 9.15 Å². The first kappa shape index (κ1) is 17.7. The Morgan fingerprint density at radius 1 is 0.964 bits per heavy atom. The van der Waals surface area contributed by atoms with Crippen molar-refractivity contribution in [1.29, 1.82) is 0 Å². The third-order valence-electron chi connectivity index (χ3n) is 4.49. The number of carbonyl (C=O) groups excluding carboxylic acids is 1. The normalized spacial score (nSPS) is 10.8. The zero-order valence-electron chi connectivity index (χ0n) is 14.9. The lowest BCUT2D eigenvalue weighted by Crippen LogP contribution is -2.09. The fourth-order valence-corrected chi connectivity index (χ4v) is 3.09. The minimum absolute atomic E-state index is 0.221. The molecule has 0 atom stereocenters. The minimum Gasteiger partial charge on any atom is -0.423 e. The molecule has 0 saturated carbocycles. The second-order valence-corrected chi connectivity index (χ2v) is 6.31. The Morgan fingerprint density at radius 3 is 2.39 bits per heavy atom. The maximum atomic E-state index is 13.0. The minimum atomic E-state index is -0.626. The van der Waals surface area contributed by atoms with Gasteiger partial charge in [-0.25, -0.2) is 14.0 Å². The molecular formula is C23H15FO4. The van der Waals surface area contributed by atoms with Gasteiger partial charge in [0, 0.05) is 11.5 Å². The number of rotatable bonds is 3. The number of hydrogen-bond donors (Lipinski definition) is 0. The molecule has 0 aliphatic heterocycles. The highest BCUT2D eigenvalue weighted by atomic mass is 19.1. The molecule has 4 rings (SSSR count). The fraction of sp³-hybridized carbons (Fsp3) is 0.0435. The van der Waals surface area contributed by atoms with Crippen LogP contribution in [0.1, 0.15) is 15.9 Å². The second kappa shape index (κ2) is 7.12. The van der Waals surface area contributed by atoms with E-state index in [-0.39, 0.29) is 11.3 Å². The van der Waals surface area contributed by atoms with Gasteiger partial charge in [0.1, 0.15) is 17.1 Å². The van der Waals surface area contributed by atoms with E-state index >= 15 is 0 Å². The average Bonchev–Trinajstić information content (AvgIpc) is 2.69. The lowest BCUT2D eigenvalue weighted by Gasteiger charge is -2.09. The molecule has 4 nitrogen and oxygen atoms in total. The quantitative estimate of drug-likeness (QED) is 0.283. The highest BCUT2D eigenvalue weighted by molar-refractivity contribution is 5.92. The summed E-state index contributed by atoms with van der Waals surface area (Å²) in [5.41, 5.74) is 2.16. The molecule has 3 aromatic carbocycles. The molecule has 0 bridgehead atoms. The van der Waals surface area contributed by atoms with Gasteiger partial charge in [0.25, 0.3) is 0 Å². The fourth-order valence-electron chi connectivity index (χ4n) is 3.09. The summed E-state index contributed by atoms with van der Waals surface area (Å²) in [7, 11) is 0. The van der Waals surface area contributed by atoms with Gasteiger partial charge in [-0.3, -0.25) is 0 Å². The maximum absolute atomic E-state index is 13.0. The van der Waals surface area contributed by atoms with Crippen molar-refractivity contribution in [2.75, 3.05) is 0 Å². The number of halogens is 1. The molecular weight excluding hydrogens is 359 g/mol. The van der Waals surface area contributed by atoms with E-state index < -0.39 is 17.4 Å². The first-order chi connectivity index (χ1) is 13.5. The summed E-state index contributed by atoms with van der Waals surface area (Å²) in [6.07, 6.45) is 0. The molecule has 0 aliphatic rings. The highest BCUT2D eigenvalue weighted by Crippen LogP contribution is 2.29. The van der Waals surface area contributed by atoms with Gasteiger partial charge in [0.2, 0.25) is 0 Å². The number of carbonyl (C=O) groups is 1. The molecule has 0 N–H and O–H groups in total. The van der Waals surface area contributed by atoms with Gasteiger partial charge in [0.05, 0.1) is 11.1 Å². The predicted octanol–water partition coefficient (Wildman–Crippen LogP) is 5.13. The van der Waals surface area contributed by atoms with E-state index in [2.05, 4.69) is 0 Å². The third kappa shape index (κ3) is 3.30. The van der Waals surface area contributed by atoms with Gasteiger partial charge in [-0.05, 0) is 54.4 Å². The third-order valence-corrected chi connectivity index (χ3v) is 4.49. The standard InChI is InChI=1S/C23H15FO4/c1-14-19-12-11-18(27-22(25)16-7-9-17(24)10-8-16)13-20(19)28-23(26)21(14)15-5-3-2-4-6-15/h2-13H,1H3.